The van der Waals surface area contributed by atoms with Crippen molar-refractivity contribution in [3.8, 4) is 5.75 Å². The maximum absolute atomic E-state index is 14.0. The van der Waals surface area contributed by atoms with E-state index in [-0.39, 0.29) is 11.9 Å². The van der Waals surface area contributed by atoms with Crippen LogP contribution in [0.3, 0.4) is 0 Å². The lowest BCUT2D eigenvalue weighted by atomic mass is 9.97. The molecule has 106 valence electrons. The number of hydrogen-bond donors (Lipinski definition) is 1. The zero-order chi connectivity index (χ0) is 14.7. The van der Waals surface area contributed by atoms with E-state index in [9.17, 15) is 4.39 Å². The molecule has 0 aliphatic rings. The Kier molecular flexibility index (Phi) is 4.40. The fourth-order valence-electron chi connectivity index (χ4n) is 2.17. The second-order valence-corrected chi connectivity index (χ2v) is 5.21. The molecule has 0 saturated carbocycles. The van der Waals surface area contributed by atoms with Crippen LogP contribution in [-0.4, -0.2) is 6.10 Å². The van der Waals surface area contributed by atoms with E-state index in [1.165, 1.54) is 6.07 Å². The van der Waals surface area contributed by atoms with Gasteiger partial charge in [0.25, 0.3) is 0 Å². The monoisotopic (exact) mass is 273 g/mol. The molecule has 0 aliphatic heterocycles. The minimum atomic E-state index is -0.537. The molecule has 0 heterocycles. The first kappa shape index (κ1) is 14.5. The zero-order valence-corrected chi connectivity index (χ0v) is 12.1. The predicted octanol–water partition coefficient (Wildman–Crippen LogP) is 3.97. The molecule has 2 aromatic rings. The summed E-state index contributed by atoms with van der Waals surface area (Å²) < 4.78 is 19.7. The van der Waals surface area contributed by atoms with Crippen molar-refractivity contribution in [2.45, 2.75) is 32.9 Å². The van der Waals surface area contributed by atoms with Gasteiger partial charge < -0.3 is 10.5 Å². The number of nitrogens with two attached hydrogens (primary N) is 1. The molecule has 2 nitrogen and oxygen atoms in total. The minimum Gasteiger partial charge on any atom is -0.491 e. The standard InChI is InChI=1S/C17H20FNO/c1-11(2)20-16-7-5-4-6-13(16)17(19)14-10-12(3)8-9-15(14)18/h4-11,17H,19H2,1-3H3. The number of ether oxygens (including phenoxy) is 1. The van der Waals surface area contributed by atoms with E-state index in [1.54, 1.807) is 12.1 Å². The van der Waals surface area contributed by atoms with E-state index >= 15 is 0 Å². The molecule has 0 saturated heterocycles. The van der Waals surface area contributed by atoms with Gasteiger partial charge in [-0.2, -0.15) is 0 Å². The van der Waals surface area contributed by atoms with Crippen LogP contribution >= 0.6 is 0 Å². The third kappa shape index (κ3) is 3.17. The van der Waals surface area contributed by atoms with Crippen molar-refractivity contribution in [1.29, 1.82) is 0 Å². The lowest BCUT2D eigenvalue weighted by Crippen LogP contribution is -2.17. The minimum absolute atomic E-state index is 0.0470. The first-order chi connectivity index (χ1) is 9.49. The number of benzene rings is 2. The molecule has 1 unspecified atom stereocenters. The van der Waals surface area contributed by atoms with Crippen molar-refractivity contribution >= 4 is 0 Å². The number of halogens is 1. The molecule has 0 amide bonds. The molecule has 0 spiro atoms. The Morgan fingerprint density at radius 3 is 2.45 bits per heavy atom. The Bertz CT molecular complexity index is 595. The van der Waals surface area contributed by atoms with Gasteiger partial charge in [0.2, 0.25) is 0 Å². The van der Waals surface area contributed by atoms with E-state index < -0.39 is 6.04 Å². The van der Waals surface area contributed by atoms with Crippen LogP contribution in [0.1, 0.15) is 36.6 Å². The van der Waals surface area contributed by atoms with Gasteiger partial charge in [-0.05, 0) is 32.9 Å². The van der Waals surface area contributed by atoms with Crippen molar-refractivity contribution in [2.24, 2.45) is 5.73 Å². The van der Waals surface area contributed by atoms with Crippen molar-refractivity contribution in [3.63, 3.8) is 0 Å². The summed E-state index contributed by atoms with van der Waals surface area (Å²) in [5.41, 5.74) is 8.52. The average molecular weight is 273 g/mol. The second kappa shape index (κ2) is 6.06. The van der Waals surface area contributed by atoms with Gasteiger partial charge in [0, 0.05) is 11.1 Å². The quantitative estimate of drug-likeness (QED) is 0.914. The molecule has 3 heteroatoms. The maximum Gasteiger partial charge on any atom is 0.128 e. The summed E-state index contributed by atoms with van der Waals surface area (Å²) in [5, 5.41) is 0. The molecule has 20 heavy (non-hydrogen) atoms. The fraction of sp³-hybridized carbons (Fsp3) is 0.294. The number of aryl methyl sites for hydroxylation is 1. The van der Waals surface area contributed by atoms with Crippen LogP contribution in [0.2, 0.25) is 0 Å². The molecule has 0 radical (unpaired) electrons. The van der Waals surface area contributed by atoms with E-state index in [2.05, 4.69) is 0 Å². The molecule has 0 aliphatic carbocycles. The predicted molar refractivity (Wildman–Crippen MR) is 79.4 cm³/mol. The summed E-state index contributed by atoms with van der Waals surface area (Å²) in [6.07, 6.45) is 0.0470. The highest BCUT2D eigenvalue weighted by atomic mass is 19.1. The van der Waals surface area contributed by atoms with Crippen LogP contribution in [-0.2, 0) is 0 Å². The Labute approximate surface area is 119 Å². The summed E-state index contributed by atoms with van der Waals surface area (Å²) in [7, 11) is 0. The highest BCUT2D eigenvalue weighted by molar-refractivity contribution is 5.42. The summed E-state index contributed by atoms with van der Waals surface area (Å²) in [6.45, 7) is 5.83. The van der Waals surface area contributed by atoms with Crippen LogP contribution in [0.15, 0.2) is 42.5 Å². The molecule has 0 bridgehead atoms. The van der Waals surface area contributed by atoms with Crippen LogP contribution in [0.25, 0.3) is 0 Å². The first-order valence-electron chi connectivity index (χ1n) is 6.76. The van der Waals surface area contributed by atoms with Crippen molar-refractivity contribution in [2.75, 3.05) is 0 Å². The van der Waals surface area contributed by atoms with E-state index in [0.29, 0.717) is 11.3 Å². The molecule has 0 fully saturated rings. The summed E-state index contributed by atoms with van der Waals surface area (Å²) in [4.78, 5) is 0. The normalized spacial score (nSPS) is 12.5. The lowest BCUT2D eigenvalue weighted by molar-refractivity contribution is 0.239. The summed E-state index contributed by atoms with van der Waals surface area (Å²) in [6, 6.07) is 12.0. The largest absolute Gasteiger partial charge is 0.491 e. The van der Waals surface area contributed by atoms with Crippen molar-refractivity contribution < 1.29 is 9.13 Å². The third-order valence-corrected chi connectivity index (χ3v) is 3.10. The van der Waals surface area contributed by atoms with E-state index in [1.807, 2.05) is 45.0 Å². The molecule has 1 atom stereocenters. The van der Waals surface area contributed by atoms with Crippen LogP contribution in [0.4, 0.5) is 4.39 Å². The van der Waals surface area contributed by atoms with Gasteiger partial charge >= 0.3 is 0 Å². The highest BCUT2D eigenvalue weighted by Gasteiger charge is 2.18. The average Bonchev–Trinajstić information content (AvgIpc) is 2.41. The number of para-hydroxylation sites is 1. The highest BCUT2D eigenvalue weighted by Crippen LogP contribution is 2.30. The molecular formula is C17H20FNO. The van der Waals surface area contributed by atoms with Crippen LogP contribution in [0.5, 0.6) is 5.75 Å². The van der Waals surface area contributed by atoms with Gasteiger partial charge in [0.05, 0.1) is 12.1 Å². The van der Waals surface area contributed by atoms with Crippen LogP contribution in [0, 0.1) is 12.7 Å². The van der Waals surface area contributed by atoms with Gasteiger partial charge in [-0.3, -0.25) is 0 Å². The Balaban J connectivity index is 2.42. The zero-order valence-electron chi connectivity index (χ0n) is 12.1. The molecule has 2 N–H and O–H groups in total. The maximum atomic E-state index is 14.0. The molecule has 2 rings (SSSR count). The Morgan fingerprint density at radius 1 is 1.05 bits per heavy atom. The van der Waals surface area contributed by atoms with Gasteiger partial charge in [0.1, 0.15) is 11.6 Å². The van der Waals surface area contributed by atoms with Gasteiger partial charge in [-0.1, -0.05) is 35.9 Å². The smallest absolute Gasteiger partial charge is 0.128 e. The summed E-state index contributed by atoms with van der Waals surface area (Å²) >= 11 is 0. The lowest BCUT2D eigenvalue weighted by Gasteiger charge is -2.19. The number of hydrogen-bond acceptors (Lipinski definition) is 2. The molecular weight excluding hydrogens is 253 g/mol. The van der Waals surface area contributed by atoms with Gasteiger partial charge in [-0.25, -0.2) is 4.39 Å². The topological polar surface area (TPSA) is 35.2 Å². The van der Waals surface area contributed by atoms with Crippen molar-refractivity contribution in [1.82, 2.24) is 0 Å². The SMILES string of the molecule is Cc1ccc(F)c(C(N)c2ccccc2OC(C)C)c1. The fourth-order valence-corrected chi connectivity index (χ4v) is 2.17. The van der Waals surface area contributed by atoms with Gasteiger partial charge in [-0.15, -0.1) is 0 Å². The second-order valence-electron chi connectivity index (χ2n) is 5.21. The van der Waals surface area contributed by atoms with Gasteiger partial charge in [0.15, 0.2) is 0 Å². The molecule has 0 aromatic heterocycles. The Morgan fingerprint density at radius 2 is 1.75 bits per heavy atom. The van der Waals surface area contributed by atoms with E-state index in [4.69, 9.17) is 10.5 Å². The van der Waals surface area contributed by atoms with Crippen LogP contribution < -0.4 is 10.5 Å². The van der Waals surface area contributed by atoms with E-state index in [0.717, 1.165) is 11.1 Å². The Hall–Kier alpha value is -1.87. The number of rotatable bonds is 4. The van der Waals surface area contributed by atoms with Crippen molar-refractivity contribution in [3.05, 3.63) is 65.0 Å². The first-order valence-corrected chi connectivity index (χ1v) is 6.76. The molecule has 2 aromatic carbocycles. The third-order valence-electron chi connectivity index (χ3n) is 3.10. The summed E-state index contributed by atoms with van der Waals surface area (Å²) in [5.74, 6) is 0.415.